The second-order valence-corrected chi connectivity index (χ2v) is 21.2. The number of carbonyl (C=O) groups excluding carboxylic acids is 3. The minimum Gasteiger partial charge on any atom is -0.462 e. The second-order valence-electron chi connectivity index (χ2n) is 21.2. The molecule has 0 spiro atoms. The summed E-state index contributed by atoms with van der Waals surface area (Å²) in [5, 5.41) is 0. The molecule has 0 aromatic heterocycles. The maximum atomic E-state index is 12.8. The van der Waals surface area contributed by atoms with Crippen molar-refractivity contribution in [3.63, 3.8) is 0 Å². The predicted molar refractivity (Wildman–Crippen MR) is 279 cm³/mol. The number of hydrogen-bond acceptors (Lipinski definition) is 6. The van der Waals surface area contributed by atoms with E-state index in [1.54, 1.807) is 0 Å². The van der Waals surface area contributed by atoms with Gasteiger partial charge in [0.05, 0.1) is 0 Å². The van der Waals surface area contributed by atoms with Crippen molar-refractivity contribution in [3.05, 3.63) is 0 Å². The van der Waals surface area contributed by atoms with E-state index in [1.807, 2.05) is 0 Å². The number of hydrogen-bond donors (Lipinski definition) is 0. The van der Waals surface area contributed by atoms with Crippen molar-refractivity contribution in [3.8, 4) is 0 Å². The van der Waals surface area contributed by atoms with Gasteiger partial charge in [-0.15, -0.1) is 0 Å². The zero-order chi connectivity index (χ0) is 47.7. The van der Waals surface area contributed by atoms with Crippen molar-refractivity contribution in [1.29, 1.82) is 0 Å². The highest BCUT2D eigenvalue weighted by Gasteiger charge is 2.19. The van der Waals surface area contributed by atoms with E-state index >= 15 is 0 Å². The summed E-state index contributed by atoms with van der Waals surface area (Å²) >= 11 is 0. The maximum Gasteiger partial charge on any atom is 0.306 e. The van der Waals surface area contributed by atoms with Gasteiger partial charge in [-0.2, -0.15) is 0 Å². The summed E-state index contributed by atoms with van der Waals surface area (Å²) in [6.45, 7) is 13.8. The lowest BCUT2D eigenvalue weighted by atomic mass is 9.99. The highest BCUT2D eigenvalue weighted by atomic mass is 16.6. The minimum absolute atomic E-state index is 0.0646. The lowest BCUT2D eigenvalue weighted by Gasteiger charge is -2.18. The lowest BCUT2D eigenvalue weighted by molar-refractivity contribution is -0.167. The average Bonchev–Trinajstić information content (AvgIpc) is 3.29. The number of carbonyl (C=O) groups is 3. The van der Waals surface area contributed by atoms with Crippen LogP contribution in [0.15, 0.2) is 0 Å². The van der Waals surface area contributed by atoms with E-state index in [2.05, 4.69) is 41.5 Å². The van der Waals surface area contributed by atoms with Gasteiger partial charge in [-0.05, 0) is 37.0 Å². The number of esters is 3. The SMILES string of the molecule is CCC(C)CCCCCCCCCCCCCCCCCCCCC(=O)OC[C@@H](COC(=O)CCCCCCCCCCCCCCC(C)C)OC(=O)CCCCCCCCC(C)CC. The van der Waals surface area contributed by atoms with Gasteiger partial charge in [0.25, 0.3) is 0 Å². The van der Waals surface area contributed by atoms with Crippen LogP contribution in [0.2, 0.25) is 0 Å². The van der Waals surface area contributed by atoms with E-state index in [9.17, 15) is 14.4 Å². The van der Waals surface area contributed by atoms with Crippen LogP contribution in [0.5, 0.6) is 0 Å². The fourth-order valence-electron chi connectivity index (χ4n) is 8.93. The molecule has 0 amide bonds. The molecule has 2 unspecified atom stereocenters. The zero-order valence-electron chi connectivity index (χ0n) is 44.8. The van der Waals surface area contributed by atoms with Crippen LogP contribution in [0, 0.1) is 17.8 Å². The van der Waals surface area contributed by atoms with Crippen molar-refractivity contribution in [2.45, 2.75) is 330 Å². The number of unbranched alkanes of at least 4 members (excludes halogenated alkanes) is 33. The Morgan fingerprint density at radius 1 is 0.308 bits per heavy atom. The van der Waals surface area contributed by atoms with Crippen LogP contribution in [0.3, 0.4) is 0 Å². The normalized spacial score (nSPS) is 13.0. The third kappa shape index (κ3) is 50.1. The van der Waals surface area contributed by atoms with Crippen LogP contribution in [0.4, 0.5) is 0 Å². The van der Waals surface area contributed by atoms with Gasteiger partial charge < -0.3 is 14.2 Å². The fourth-order valence-corrected chi connectivity index (χ4v) is 8.93. The monoisotopic (exact) mass is 919 g/mol. The van der Waals surface area contributed by atoms with E-state index in [0.717, 1.165) is 75.5 Å². The van der Waals surface area contributed by atoms with Crippen LogP contribution in [-0.2, 0) is 28.6 Å². The molecule has 0 N–H and O–H groups in total. The minimum atomic E-state index is -0.764. The molecule has 0 aliphatic heterocycles. The van der Waals surface area contributed by atoms with Crippen LogP contribution >= 0.6 is 0 Å². The van der Waals surface area contributed by atoms with E-state index in [0.29, 0.717) is 19.3 Å². The van der Waals surface area contributed by atoms with Crippen LogP contribution in [-0.4, -0.2) is 37.2 Å². The van der Waals surface area contributed by atoms with Gasteiger partial charge in [0.15, 0.2) is 6.10 Å². The van der Waals surface area contributed by atoms with E-state index in [4.69, 9.17) is 14.2 Å². The maximum absolute atomic E-state index is 12.8. The Bertz CT molecular complexity index is 1010. The third-order valence-corrected chi connectivity index (χ3v) is 14.1. The fraction of sp³-hybridized carbons (Fsp3) is 0.949. The molecule has 0 rings (SSSR count). The van der Waals surface area contributed by atoms with Gasteiger partial charge in [-0.1, -0.05) is 286 Å². The van der Waals surface area contributed by atoms with Gasteiger partial charge in [0.2, 0.25) is 0 Å². The molecule has 386 valence electrons. The van der Waals surface area contributed by atoms with Gasteiger partial charge in [-0.3, -0.25) is 14.4 Å². The molecule has 6 heteroatoms. The van der Waals surface area contributed by atoms with E-state index in [1.165, 1.54) is 205 Å². The first-order chi connectivity index (χ1) is 31.7. The van der Waals surface area contributed by atoms with E-state index in [-0.39, 0.29) is 31.1 Å². The third-order valence-electron chi connectivity index (χ3n) is 14.1. The Labute approximate surface area is 406 Å². The zero-order valence-corrected chi connectivity index (χ0v) is 44.8. The quantitative estimate of drug-likeness (QED) is 0.0344. The first kappa shape index (κ1) is 63.4. The highest BCUT2D eigenvalue weighted by Crippen LogP contribution is 2.19. The van der Waals surface area contributed by atoms with E-state index < -0.39 is 6.10 Å². The summed E-state index contributed by atoms with van der Waals surface area (Å²) in [6.07, 6.45) is 52.4. The molecule has 0 radical (unpaired) electrons. The molecule has 0 bridgehead atoms. The largest absolute Gasteiger partial charge is 0.462 e. The summed E-state index contributed by atoms with van der Waals surface area (Å²) in [5.41, 5.74) is 0. The molecule has 0 heterocycles. The van der Waals surface area contributed by atoms with Crippen LogP contribution in [0.25, 0.3) is 0 Å². The summed E-state index contributed by atoms with van der Waals surface area (Å²) in [5.74, 6) is 1.70. The predicted octanol–water partition coefficient (Wildman–Crippen LogP) is 19.1. The van der Waals surface area contributed by atoms with Gasteiger partial charge in [-0.25, -0.2) is 0 Å². The summed E-state index contributed by atoms with van der Waals surface area (Å²) in [7, 11) is 0. The Morgan fingerprint density at radius 2 is 0.538 bits per heavy atom. The van der Waals surface area contributed by atoms with Crippen molar-refractivity contribution in [2.24, 2.45) is 17.8 Å². The first-order valence-corrected chi connectivity index (χ1v) is 29.2. The highest BCUT2D eigenvalue weighted by molar-refractivity contribution is 5.71. The molecule has 0 aromatic rings. The average molecular weight is 920 g/mol. The smallest absolute Gasteiger partial charge is 0.306 e. The van der Waals surface area contributed by atoms with Gasteiger partial charge in [0.1, 0.15) is 13.2 Å². The molecule has 0 saturated heterocycles. The number of rotatable bonds is 52. The molecule has 65 heavy (non-hydrogen) atoms. The summed E-state index contributed by atoms with van der Waals surface area (Å²) in [6, 6.07) is 0. The molecular formula is C59H114O6. The molecule has 0 aromatic carbocycles. The molecule has 0 aliphatic carbocycles. The molecule has 0 fully saturated rings. The topological polar surface area (TPSA) is 78.9 Å². The Hall–Kier alpha value is -1.59. The summed E-state index contributed by atoms with van der Waals surface area (Å²) < 4.78 is 16.9. The molecular weight excluding hydrogens is 805 g/mol. The van der Waals surface area contributed by atoms with Crippen molar-refractivity contribution < 1.29 is 28.6 Å². The molecule has 3 atom stereocenters. The second kappa shape index (κ2) is 50.3. The van der Waals surface area contributed by atoms with Gasteiger partial charge >= 0.3 is 17.9 Å². The molecule has 0 aliphatic rings. The lowest BCUT2D eigenvalue weighted by Crippen LogP contribution is -2.30. The molecule has 6 nitrogen and oxygen atoms in total. The standard InChI is InChI=1S/C59H114O6/c1-7-54(5)46-40-34-28-24-20-15-13-11-9-10-12-14-16-21-25-29-36-42-48-57(60)63-51-56(65-59(62)50-44-38-32-31-35-41-47-55(6)8-2)52-64-58(61)49-43-37-30-26-22-18-17-19-23-27-33-39-45-53(3)4/h53-56H,7-52H2,1-6H3/t54?,55?,56-/m0/s1. The van der Waals surface area contributed by atoms with Crippen molar-refractivity contribution in [1.82, 2.24) is 0 Å². The molecule has 0 saturated carbocycles. The Kier molecular flexibility index (Phi) is 49.1. The number of ether oxygens (including phenoxy) is 3. The Morgan fingerprint density at radius 3 is 0.800 bits per heavy atom. The van der Waals surface area contributed by atoms with Crippen molar-refractivity contribution in [2.75, 3.05) is 13.2 Å². The first-order valence-electron chi connectivity index (χ1n) is 29.2. The Balaban J connectivity index is 4.19. The van der Waals surface area contributed by atoms with Gasteiger partial charge in [0, 0.05) is 19.3 Å². The summed E-state index contributed by atoms with van der Waals surface area (Å²) in [4.78, 5) is 38.1. The van der Waals surface area contributed by atoms with Crippen LogP contribution < -0.4 is 0 Å². The van der Waals surface area contributed by atoms with Crippen molar-refractivity contribution >= 4 is 17.9 Å². The van der Waals surface area contributed by atoms with Crippen LogP contribution in [0.1, 0.15) is 324 Å².